The van der Waals surface area contributed by atoms with Crippen molar-refractivity contribution < 1.29 is 5.11 Å². The van der Waals surface area contributed by atoms with Crippen molar-refractivity contribution in [2.45, 2.75) is 25.5 Å². The van der Waals surface area contributed by atoms with Gasteiger partial charge < -0.3 is 16.2 Å². The normalized spacial score (nSPS) is 16.1. The largest absolute Gasteiger partial charge is 0.397 e. The molecule has 0 radical (unpaired) electrons. The molecule has 1 unspecified atom stereocenters. The number of piperazine rings is 1. The molecule has 1 saturated heterocycles. The molecule has 0 spiro atoms. The number of aliphatic hydroxyl groups excluding tert-OH is 1. The fourth-order valence-electron chi connectivity index (χ4n) is 4.65. The van der Waals surface area contributed by atoms with Gasteiger partial charge >= 0.3 is 0 Å². The van der Waals surface area contributed by atoms with E-state index in [2.05, 4.69) is 82.7 Å². The summed E-state index contributed by atoms with van der Waals surface area (Å²) in [6.07, 6.45) is 0.503. The highest BCUT2D eigenvalue weighted by molar-refractivity contribution is 5.67. The Morgan fingerprint density at radius 1 is 0.848 bits per heavy atom. The van der Waals surface area contributed by atoms with Crippen LogP contribution in [0, 0.1) is 0 Å². The predicted molar refractivity (Wildman–Crippen MR) is 137 cm³/mol. The van der Waals surface area contributed by atoms with E-state index in [1.807, 2.05) is 18.2 Å². The van der Waals surface area contributed by atoms with Crippen molar-refractivity contribution in [3.8, 4) is 0 Å². The Kier molecular flexibility index (Phi) is 8.00. The zero-order valence-electron chi connectivity index (χ0n) is 19.5. The van der Waals surface area contributed by atoms with E-state index in [-0.39, 0.29) is 6.04 Å². The maximum Gasteiger partial charge on any atom is 0.0917 e. The van der Waals surface area contributed by atoms with Gasteiger partial charge in [-0.05, 0) is 35.2 Å². The van der Waals surface area contributed by atoms with Crippen molar-refractivity contribution in [3.05, 3.63) is 95.6 Å². The molecule has 174 valence electrons. The summed E-state index contributed by atoms with van der Waals surface area (Å²) in [6.45, 7) is 7.42. The van der Waals surface area contributed by atoms with E-state index >= 15 is 0 Å². The van der Waals surface area contributed by atoms with Crippen LogP contribution in [-0.2, 0) is 0 Å². The number of rotatable bonds is 9. The summed E-state index contributed by atoms with van der Waals surface area (Å²) in [5, 5.41) is 14.2. The zero-order chi connectivity index (χ0) is 23.0. The third-order valence-electron chi connectivity index (χ3n) is 6.46. The molecule has 4 N–H and O–H groups in total. The van der Waals surface area contributed by atoms with E-state index in [0.29, 0.717) is 12.2 Å². The van der Waals surface area contributed by atoms with Crippen LogP contribution in [0.3, 0.4) is 0 Å². The first-order valence-corrected chi connectivity index (χ1v) is 12.0. The molecule has 1 aliphatic rings. The van der Waals surface area contributed by atoms with Gasteiger partial charge in [-0.3, -0.25) is 9.80 Å². The quantitative estimate of drug-likeness (QED) is 0.423. The summed E-state index contributed by atoms with van der Waals surface area (Å²) in [5.41, 5.74) is 11.4. The lowest BCUT2D eigenvalue weighted by Crippen LogP contribution is -2.48. The lowest BCUT2D eigenvalue weighted by molar-refractivity contribution is 0.0623. The van der Waals surface area contributed by atoms with Gasteiger partial charge in [0.2, 0.25) is 0 Å². The van der Waals surface area contributed by atoms with Crippen LogP contribution in [0.25, 0.3) is 0 Å². The molecule has 0 amide bonds. The van der Waals surface area contributed by atoms with Crippen LogP contribution >= 0.6 is 0 Å². The summed E-state index contributed by atoms with van der Waals surface area (Å²) in [7, 11) is 0. The van der Waals surface area contributed by atoms with Gasteiger partial charge in [-0.2, -0.15) is 0 Å². The first-order valence-electron chi connectivity index (χ1n) is 12.0. The Morgan fingerprint density at radius 2 is 1.45 bits per heavy atom. The molecule has 1 fully saturated rings. The summed E-state index contributed by atoms with van der Waals surface area (Å²) in [6, 6.07) is 27.6. The molecule has 0 aromatic heterocycles. The van der Waals surface area contributed by atoms with E-state index in [9.17, 15) is 5.11 Å². The Hall–Kier alpha value is -2.86. The second kappa shape index (κ2) is 11.3. The molecule has 5 heteroatoms. The van der Waals surface area contributed by atoms with Crippen LogP contribution < -0.4 is 11.1 Å². The van der Waals surface area contributed by atoms with Crippen molar-refractivity contribution >= 4 is 11.4 Å². The number of nitrogens with two attached hydrogens (primary N) is 1. The Morgan fingerprint density at radius 3 is 2.00 bits per heavy atom. The third-order valence-corrected chi connectivity index (χ3v) is 6.46. The second-order valence-electron chi connectivity index (χ2n) is 8.85. The van der Waals surface area contributed by atoms with E-state index in [1.165, 1.54) is 11.1 Å². The fraction of sp³-hybridized carbons (Fsp3) is 0.357. The molecule has 4 rings (SSSR count). The molecular formula is C28H36N4O. The van der Waals surface area contributed by atoms with Crippen molar-refractivity contribution in [3.63, 3.8) is 0 Å². The standard InChI is InChI=1S/C28H36N4O/c1-2-15-30-26-14-13-24(20-25(26)29)27(33)21-31-16-18-32(19-17-31)28(22-9-5-3-6-10-22)23-11-7-4-8-12-23/h3-14,20,27-28,30,33H,2,15-19,21,29H2,1H3. The highest BCUT2D eigenvalue weighted by Crippen LogP contribution is 2.30. The molecule has 5 nitrogen and oxygen atoms in total. The monoisotopic (exact) mass is 444 g/mol. The van der Waals surface area contributed by atoms with Gasteiger partial charge in [0, 0.05) is 39.3 Å². The first-order chi connectivity index (χ1) is 16.2. The molecule has 0 bridgehead atoms. The minimum Gasteiger partial charge on any atom is -0.397 e. The highest BCUT2D eigenvalue weighted by atomic mass is 16.3. The first kappa shape index (κ1) is 23.3. The molecular weight excluding hydrogens is 408 g/mol. The number of nitrogens with zero attached hydrogens (tertiary/aromatic N) is 2. The van der Waals surface area contributed by atoms with Gasteiger partial charge in [0.15, 0.2) is 0 Å². The maximum absolute atomic E-state index is 10.9. The molecule has 0 saturated carbocycles. The number of hydrogen-bond acceptors (Lipinski definition) is 5. The Labute approximate surface area is 197 Å². The Balaban J connectivity index is 1.38. The predicted octanol–water partition coefficient (Wildman–Crippen LogP) is 4.53. The zero-order valence-corrected chi connectivity index (χ0v) is 19.5. The van der Waals surface area contributed by atoms with Crippen LogP contribution in [0.4, 0.5) is 11.4 Å². The average Bonchev–Trinajstić information content (AvgIpc) is 2.86. The topological polar surface area (TPSA) is 64.8 Å². The van der Waals surface area contributed by atoms with Crippen LogP contribution in [0.5, 0.6) is 0 Å². The fourth-order valence-corrected chi connectivity index (χ4v) is 4.65. The van der Waals surface area contributed by atoms with Crippen molar-refractivity contribution in [1.82, 2.24) is 9.80 Å². The second-order valence-corrected chi connectivity index (χ2v) is 8.85. The minimum atomic E-state index is -0.543. The highest BCUT2D eigenvalue weighted by Gasteiger charge is 2.27. The number of hydrogen-bond donors (Lipinski definition) is 3. The van der Waals surface area contributed by atoms with Crippen molar-refractivity contribution in [1.29, 1.82) is 0 Å². The third kappa shape index (κ3) is 5.93. The minimum absolute atomic E-state index is 0.252. The molecule has 3 aromatic rings. The smallest absolute Gasteiger partial charge is 0.0917 e. The lowest BCUT2D eigenvalue weighted by Gasteiger charge is -2.40. The van der Waals surface area contributed by atoms with Crippen LogP contribution in [0.2, 0.25) is 0 Å². The molecule has 1 heterocycles. The number of nitrogen functional groups attached to an aromatic ring is 1. The van der Waals surface area contributed by atoms with Gasteiger partial charge in [0.05, 0.1) is 23.5 Å². The molecule has 1 atom stereocenters. The van der Waals surface area contributed by atoms with Crippen LogP contribution in [0.15, 0.2) is 78.9 Å². The maximum atomic E-state index is 10.9. The number of anilines is 2. The summed E-state index contributed by atoms with van der Waals surface area (Å²) < 4.78 is 0. The van der Waals surface area contributed by atoms with Crippen LogP contribution in [-0.4, -0.2) is 54.2 Å². The number of β-amino-alcohol motifs (C(OH)–C–C–N with tert-alkyl or cyclic N) is 1. The molecule has 3 aromatic carbocycles. The summed E-state index contributed by atoms with van der Waals surface area (Å²) in [4.78, 5) is 4.91. The van der Waals surface area contributed by atoms with Gasteiger partial charge in [0.1, 0.15) is 0 Å². The number of nitrogens with one attached hydrogen (secondary N) is 1. The molecule has 0 aliphatic carbocycles. The summed E-state index contributed by atoms with van der Waals surface area (Å²) in [5.74, 6) is 0. The Bertz CT molecular complexity index is 948. The van der Waals surface area contributed by atoms with Gasteiger partial charge in [0.25, 0.3) is 0 Å². The average molecular weight is 445 g/mol. The van der Waals surface area contributed by atoms with Crippen molar-refractivity contribution in [2.75, 3.05) is 50.3 Å². The lowest BCUT2D eigenvalue weighted by atomic mass is 9.96. The van der Waals surface area contributed by atoms with Crippen molar-refractivity contribution in [2.24, 2.45) is 0 Å². The van der Waals surface area contributed by atoms with Crippen LogP contribution in [0.1, 0.15) is 42.2 Å². The number of aliphatic hydroxyl groups is 1. The van der Waals surface area contributed by atoms with Gasteiger partial charge in [-0.1, -0.05) is 73.7 Å². The van der Waals surface area contributed by atoms with Gasteiger partial charge in [-0.15, -0.1) is 0 Å². The summed E-state index contributed by atoms with van der Waals surface area (Å²) >= 11 is 0. The molecule has 1 aliphatic heterocycles. The molecule has 33 heavy (non-hydrogen) atoms. The van der Waals surface area contributed by atoms with E-state index < -0.39 is 6.10 Å². The van der Waals surface area contributed by atoms with Gasteiger partial charge in [-0.25, -0.2) is 0 Å². The van der Waals surface area contributed by atoms with E-state index in [1.54, 1.807) is 0 Å². The SMILES string of the molecule is CCCNc1ccc(C(O)CN2CCN(C(c3ccccc3)c3ccccc3)CC2)cc1N. The van der Waals surface area contributed by atoms with E-state index in [4.69, 9.17) is 5.73 Å². The number of benzene rings is 3. The van der Waals surface area contributed by atoms with E-state index in [0.717, 1.165) is 50.4 Å².